The van der Waals surface area contributed by atoms with Gasteiger partial charge in [0, 0.05) is 11.4 Å². The molecule has 0 saturated carbocycles. The van der Waals surface area contributed by atoms with Gasteiger partial charge in [-0.2, -0.15) is 0 Å². The van der Waals surface area contributed by atoms with Crippen molar-refractivity contribution in [3.63, 3.8) is 0 Å². The van der Waals surface area contributed by atoms with Crippen LogP contribution in [0.1, 0.15) is 5.56 Å². The molecule has 0 aliphatic heterocycles. The molecule has 4 heteroatoms. The minimum Gasteiger partial charge on any atom is -0.443 e. The van der Waals surface area contributed by atoms with Crippen LogP contribution in [0.3, 0.4) is 0 Å². The second-order valence-corrected chi connectivity index (χ2v) is 3.04. The largest absolute Gasteiger partial charge is 0.443 e. The summed E-state index contributed by atoms with van der Waals surface area (Å²) in [5.41, 5.74) is 2.13. The molecule has 0 spiro atoms. The smallest absolute Gasteiger partial charge is 0.181 e. The molecule has 1 aromatic heterocycles. The van der Waals surface area contributed by atoms with Crippen molar-refractivity contribution in [1.29, 1.82) is 0 Å². The fourth-order valence-corrected chi connectivity index (χ4v) is 1.40. The Balaban J connectivity index is 2.62. The molecule has 0 aliphatic rings. The molecule has 0 fully saturated rings. The van der Waals surface area contributed by atoms with E-state index in [1.807, 2.05) is 0 Å². The van der Waals surface area contributed by atoms with E-state index in [9.17, 15) is 4.79 Å². The Morgan fingerprint density at radius 3 is 3.15 bits per heavy atom. The predicted octanol–water partition coefficient (Wildman–Crippen LogP) is 2.22. The van der Waals surface area contributed by atoms with Gasteiger partial charge in [0.15, 0.2) is 12.0 Å². The normalized spacial score (nSPS) is 10.5. The summed E-state index contributed by atoms with van der Waals surface area (Å²) < 4.78 is 5.07. The lowest BCUT2D eigenvalue weighted by Gasteiger charge is -1.97. The van der Waals surface area contributed by atoms with Gasteiger partial charge in [0.2, 0.25) is 0 Å². The van der Waals surface area contributed by atoms with Crippen LogP contribution in [-0.2, 0) is 11.2 Å². The summed E-state index contributed by atoms with van der Waals surface area (Å²) >= 11 is 5.90. The van der Waals surface area contributed by atoms with E-state index < -0.39 is 0 Å². The molecule has 0 radical (unpaired) electrons. The van der Waals surface area contributed by atoms with E-state index in [4.69, 9.17) is 16.0 Å². The first kappa shape index (κ1) is 8.26. The minimum atomic E-state index is 0.301. The number of hydrogen-bond donors (Lipinski definition) is 0. The first-order chi connectivity index (χ1) is 6.31. The van der Waals surface area contributed by atoms with Crippen LogP contribution in [0.25, 0.3) is 11.1 Å². The number of carbonyl (C=O) groups excluding carboxylic acids is 1. The highest BCUT2D eigenvalue weighted by Crippen LogP contribution is 2.23. The molecule has 0 saturated heterocycles. The number of aldehydes is 1. The quantitative estimate of drug-likeness (QED) is 0.691. The van der Waals surface area contributed by atoms with Crippen LogP contribution in [-0.4, -0.2) is 11.3 Å². The lowest BCUT2D eigenvalue weighted by atomic mass is 10.1. The maximum absolute atomic E-state index is 10.3. The van der Waals surface area contributed by atoms with Crippen molar-refractivity contribution < 1.29 is 9.21 Å². The number of halogens is 1. The lowest BCUT2D eigenvalue weighted by molar-refractivity contribution is -0.107. The van der Waals surface area contributed by atoms with Gasteiger partial charge in [-0.15, -0.1) is 0 Å². The summed E-state index contributed by atoms with van der Waals surface area (Å²) in [6, 6.07) is 3.43. The maximum Gasteiger partial charge on any atom is 0.181 e. The summed E-state index contributed by atoms with van der Waals surface area (Å²) in [6.45, 7) is 0. The molecule has 1 heterocycles. The molecule has 1 aromatic carbocycles. The van der Waals surface area contributed by atoms with E-state index >= 15 is 0 Å². The summed E-state index contributed by atoms with van der Waals surface area (Å²) in [7, 11) is 0. The van der Waals surface area contributed by atoms with Gasteiger partial charge in [0.05, 0.1) is 0 Å². The van der Waals surface area contributed by atoms with E-state index in [1.165, 1.54) is 6.39 Å². The average molecular weight is 196 g/mol. The van der Waals surface area contributed by atoms with Crippen LogP contribution in [0, 0.1) is 0 Å². The average Bonchev–Trinajstić information content (AvgIpc) is 2.52. The Morgan fingerprint density at radius 2 is 2.38 bits per heavy atom. The van der Waals surface area contributed by atoms with Gasteiger partial charge >= 0.3 is 0 Å². The van der Waals surface area contributed by atoms with Crippen molar-refractivity contribution >= 4 is 29.0 Å². The van der Waals surface area contributed by atoms with Gasteiger partial charge in [-0.25, -0.2) is 4.98 Å². The molecular weight excluding hydrogens is 190 g/mol. The molecule has 0 aliphatic carbocycles. The topological polar surface area (TPSA) is 43.1 Å². The molecule has 0 unspecified atom stereocenters. The summed E-state index contributed by atoms with van der Waals surface area (Å²) in [5.74, 6) is 0. The molecule has 13 heavy (non-hydrogen) atoms. The highest BCUT2D eigenvalue weighted by Gasteiger charge is 2.05. The van der Waals surface area contributed by atoms with Gasteiger partial charge in [0.25, 0.3) is 0 Å². The van der Waals surface area contributed by atoms with Crippen molar-refractivity contribution in [2.45, 2.75) is 6.42 Å². The fraction of sp³-hybridized carbons (Fsp3) is 0.111. The Kier molecular flexibility index (Phi) is 2.02. The second-order valence-electron chi connectivity index (χ2n) is 2.63. The highest BCUT2D eigenvalue weighted by molar-refractivity contribution is 6.32. The molecule has 0 atom stereocenters. The molecule has 2 aromatic rings. The maximum atomic E-state index is 10.3. The van der Waals surface area contributed by atoms with Crippen LogP contribution in [0.5, 0.6) is 0 Å². The third-order valence-electron chi connectivity index (χ3n) is 1.80. The van der Waals surface area contributed by atoms with Crippen LogP contribution in [0.15, 0.2) is 22.9 Å². The van der Waals surface area contributed by atoms with Crippen LogP contribution in [0.4, 0.5) is 0 Å². The number of aromatic nitrogens is 1. The van der Waals surface area contributed by atoms with Gasteiger partial charge in [-0.05, 0) is 17.7 Å². The number of benzene rings is 1. The number of hydrogen-bond acceptors (Lipinski definition) is 3. The lowest BCUT2D eigenvalue weighted by Crippen LogP contribution is -1.86. The third-order valence-corrected chi connectivity index (χ3v) is 2.15. The zero-order chi connectivity index (χ0) is 9.26. The van der Waals surface area contributed by atoms with E-state index in [0.717, 1.165) is 11.8 Å². The molecule has 2 rings (SSSR count). The van der Waals surface area contributed by atoms with Crippen molar-refractivity contribution in [3.05, 3.63) is 29.1 Å². The van der Waals surface area contributed by atoms with Gasteiger partial charge < -0.3 is 9.21 Å². The Labute approximate surface area is 79.3 Å². The standard InChI is InChI=1S/C9H6ClNO2/c10-7-4-8-9(13-5-11-8)3-6(7)1-2-12/h2-5H,1H2. The fourth-order valence-electron chi connectivity index (χ4n) is 1.17. The van der Waals surface area contributed by atoms with Crippen molar-refractivity contribution in [3.8, 4) is 0 Å². The van der Waals surface area contributed by atoms with Gasteiger partial charge in [-0.3, -0.25) is 0 Å². The zero-order valence-corrected chi connectivity index (χ0v) is 7.41. The number of fused-ring (bicyclic) bond motifs is 1. The SMILES string of the molecule is O=CCc1cc2ocnc2cc1Cl. The van der Waals surface area contributed by atoms with Crippen LogP contribution in [0.2, 0.25) is 5.02 Å². The Hall–Kier alpha value is -1.35. The number of carbonyl (C=O) groups is 1. The molecule has 0 amide bonds. The highest BCUT2D eigenvalue weighted by atomic mass is 35.5. The Morgan fingerprint density at radius 1 is 1.54 bits per heavy atom. The van der Waals surface area contributed by atoms with Gasteiger partial charge in [0.1, 0.15) is 11.8 Å². The monoisotopic (exact) mass is 195 g/mol. The van der Waals surface area contributed by atoms with E-state index in [1.54, 1.807) is 12.1 Å². The second kappa shape index (κ2) is 3.18. The Bertz CT molecular complexity index is 450. The predicted molar refractivity (Wildman–Crippen MR) is 48.8 cm³/mol. The number of rotatable bonds is 2. The summed E-state index contributed by atoms with van der Waals surface area (Å²) in [4.78, 5) is 14.2. The number of oxazole rings is 1. The van der Waals surface area contributed by atoms with Gasteiger partial charge in [-0.1, -0.05) is 11.6 Å². The van der Waals surface area contributed by atoms with Crippen LogP contribution >= 0.6 is 11.6 Å². The number of nitrogens with zero attached hydrogens (tertiary/aromatic N) is 1. The van der Waals surface area contributed by atoms with E-state index in [2.05, 4.69) is 4.98 Å². The third kappa shape index (κ3) is 1.42. The van der Waals surface area contributed by atoms with Crippen molar-refractivity contribution in [2.24, 2.45) is 0 Å². The molecule has 3 nitrogen and oxygen atoms in total. The molecular formula is C9H6ClNO2. The molecule has 0 N–H and O–H groups in total. The first-order valence-corrected chi connectivity index (χ1v) is 4.14. The van der Waals surface area contributed by atoms with E-state index in [-0.39, 0.29) is 0 Å². The van der Waals surface area contributed by atoms with E-state index in [0.29, 0.717) is 22.5 Å². The van der Waals surface area contributed by atoms with Crippen molar-refractivity contribution in [1.82, 2.24) is 4.98 Å². The minimum absolute atomic E-state index is 0.301. The molecule has 0 bridgehead atoms. The van der Waals surface area contributed by atoms with Crippen LogP contribution < -0.4 is 0 Å². The first-order valence-electron chi connectivity index (χ1n) is 3.76. The zero-order valence-electron chi connectivity index (χ0n) is 6.66. The van der Waals surface area contributed by atoms with Crippen molar-refractivity contribution in [2.75, 3.05) is 0 Å². The summed E-state index contributed by atoms with van der Waals surface area (Å²) in [6.07, 6.45) is 2.46. The summed E-state index contributed by atoms with van der Waals surface area (Å²) in [5, 5.41) is 0.550. The molecule has 66 valence electrons.